The summed E-state index contributed by atoms with van der Waals surface area (Å²) in [7, 11) is 0. The van der Waals surface area contributed by atoms with E-state index in [9.17, 15) is 14.4 Å². The number of hydrazine groups is 1. The molecule has 0 aliphatic carbocycles. The number of aromatic amines is 1. The summed E-state index contributed by atoms with van der Waals surface area (Å²) in [5.41, 5.74) is 6.61. The molecular weight excluding hydrogens is 452 g/mol. The van der Waals surface area contributed by atoms with E-state index in [4.69, 9.17) is 4.42 Å². The molecule has 0 aliphatic heterocycles. The number of aromatic nitrogens is 1. The van der Waals surface area contributed by atoms with Gasteiger partial charge >= 0.3 is 0 Å². The molecule has 0 spiro atoms. The van der Waals surface area contributed by atoms with Gasteiger partial charge in [0.15, 0.2) is 5.76 Å². The molecule has 2 heterocycles. The number of rotatable bonds is 4. The van der Waals surface area contributed by atoms with Gasteiger partial charge in [0.05, 0.1) is 4.48 Å². The van der Waals surface area contributed by atoms with Crippen molar-refractivity contribution in [3.63, 3.8) is 0 Å². The van der Waals surface area contributed by atoms with E-state index < -0.39 is 11.8 Å². The Balaban J connectivity index is 1.49. The first kappa shape index (κ1) is 19.5. The van der Waals surface area contributed by atoms with Crippen LogP contribution in [-0.2, 0) is 4.79 Å². The number of nitrogens with one attached hydrogen (secondary N) is 4. The predicted molar refractivity (Wildman–Crippen MR) is 116 cm³/mol. The number of fused-ring (bicyclic) bond motifs is 2. The van der Waals surface area contributed by atoms with Gasteiger partial charge in [0.2, 0.25) is 0 Å². The third-order valence-electron chi connectivity index (χ3n) is 4.31. The molecule has 0 radical (unpaired) electrons. The van der Waals surface area contributed by atoms with Gasteiger partial charge in [-0.2, -0.15) is 0 Å². The maximum absolute atomic E-state index is 12.5. The Kier molecular flexibility index (Phi) is 5.11. The van der Waals surface area contributed by atoms with Crippen molar-refractivity contribution in [3.8, 4) is 0 Å². The van der Waals surface area contributed by atoms with Crippen LogP contribution in [0.4, 0.5) is 5.69 Å². The highest BCUT2D eigenvalue weighted by atomic mass is 79.9. The molecule has 9 heteroatoms. The fourth-order valence-electron chi connectivity index (χ4n) is 2.87. The Hall–Kier alpha value is -3.85. The standard InChI is InChI=1S/C21H15BrN4O4/c1-11(22)19(27)25-26-20(28)16-9-13-8-14(6-7-15(13)24-16)23-21(29)18-10-12-4-2-3-5-17(12)30-18/h2-10,24H,1H2,(H,23,29)(H,25,27)(H,26,28). The van der Waals surface area contributed by atoms with Gasteiger partial charge in [-0.15, -0.1) is 0 Å². The van der Waals surface area contributed by atoms with Crippen LogP contribution < -0.4 is 16.2 Å². The number of para-hydroxylation sites is 1. The Morgan fingerprint density at radius 3 is 2.50 bits per heavy atom. The van der Waals surface area contributed by atoms with E-state index in [0.717, 1.165) is 5.39 Å². The Labute approximate surface area is 178 Å². The lowest BCUT2D eigenvalue weighted by Crippen LogP contribution is -2.41. The van der Waals surface area contributed by atoms with Crippen molar-refractivity contribution in [1.29, 1.82) is 0 Å². The van der Waals surface area contributed by atoms with Crippen LogP contribution in [0.1, 0.15) is 21.0 Å². The molecule has 0 saturated heterocycles. The minimum Gasteiger partial charge on any atom is -0.451 e. The zero-order chi connectivity index (χ0) is 21.3. The molecular formula is C21H15BrN4O4. The monoisotopic (exact) mass is 466 g/mol. The molecule has 0 saturated carbocycles. The fourth-order valence-corrected chi connectivity index (χ4v) is 2.97. The molecule has 8 nitrogen and oxygen atoms in total. The number of H-pyrrole nitrogens is 1. The first-order chi connectivity index (χ1) is 14.4. The number of anilines is 1. The van der Waals surface area contributed by atoms with Crippen molar-refractivity contribution in [1.82, 2.24) is 15.8 Å². The maximum Gasteiger partial charge on any atom is 0.291 e. The Morgan fingerprint density at radius 1 is 0.933 bits per heavy atom. The fraction of sp³-hybridized carbons (Fsp3) is 0. The summed E-state index contributed by atoms with van der Waals surface area (Å²) >= 11 is 2.92. The average molecular weight is 467 g/mol. The molecule has 0 aliphatic rings. The smallest absolute Gasteiger partial charge is 0.291 e. The minimum absolute atomic E-state index is 0.0873. The van der Waals surface area contributed by atoms with Gasteiger partial charge in [0, 0.05) is 22.0 Å². The first-order valence-electron chi connectivity index (χ1n) is 8.78. The SMILES string of the molecule is C=C(Br)C(=O)NNC(=O)c1cc2cc(NC(=O)c3cc4ccccc4o3)ccc2[nH]1. The molecule has 0 fully saturated rings. The topological polar surface area (TPSA) is 116 Å². The van der Waals surface area contributed by atoms with Crippen LogP contribution >= 0.6 is 15.9 Å². The quantitative estimate of drug-likeness (QED) is 0.270. The lowest BCUT2D eigenvalue weighted by Gasteiger charge is -2.04. The second kappa shape index (κ2) is 7.88. The number of carbonyl (C=O) groups excluding carboxylic acids is 3. The maximum atomic E-state index is 12.5. The van der Waals surface area contributed by atoms with Crippen LogP contribution in [0.15, 0.2) is 70.1 Å². The summed E-state index contributed by atoms with van der Waals surface area (Å²) in [5.74, 6) is -1.26. The first-order valence-corrected chi connectivity index (χ1v) is 9.58. The van der Waals surface area contributed by atoms with Gasteiger partial charge in [-0.3, -0.25) is 25.2 Å². The van der Waals surface area contributed by atoms with Crippen molar-refractivity contribution >= 4 is 61.2 Å². The molecule has 2 aromatic heterocycles. The van der Waals surface area contributed by atoms with E-state index in [2.05, 4.69) is 43.7 Å². The second-order valence-electron chi connectivity index (χ2n) is 6.40. The van der Waals surface area contributed by atoms with E-state index >= 15 is 0 Å². The van der Waals surface area contributed by atoms with Gasteiger partial charge in [-0.05, 0) is 52.3 Å². The van der Waals surface area contributed by atoms with Gasteiger partial charge < -0.3 is 14.7 Å². The summed E-state index contributed by atoms with van der Waals surface area (Å²) in [6.07, 6.45) is 0. The normalized spacial score (nSPS) is 10.7. The molecule has 4 rings (SSSR count). The number of amides is 3. The van der Waals surface area contributed by atoms with E-state index in [1.165, 1.54) is 0 Å². The van der Waals surface area contributed by atoms with Gasteiger partial charge in [0.25, 0.3) is 17.7 Å². The largest absolute Gasteiger partial charge is 0.451 e. The third kappa shape index (κ3) is 3.96. The van der Waals surface area contributed by atoms with Crippen LogP contribution in [0, 0.1) is 0 Å². The minimum atomic E-state index is -0.560. The highest BCUT2D eigenvalue weighted by Gasteiger charge is 2.14. The molecule has 0 bridgehead atoms. The molecule has 4 N–H and O–H groups in total. The molecule has 0 unspecified atom stereocenters. The molecule has 3 amide bonds. The van der Waals surface area contributed by atoms with Gasteiger partial charge in [-0.1, -0.05) is 24.8 Å². The van der Waals surface area contributed by atoms with Crippen molar-refractivity contribution < 1.29 is 18.8 Å². The number of benzene rings is 2. The number of hydrogen-bond donors (Lipinski definition) is 4. The highest BCUT2D eigenvalue weighted by Crippen LogP contribution is 2.23. The highest BCUT2D eigenvalue weighted by molar-refractivity contribution is 9.12. The lowest BCUT2D eigenvalue weighted by atomic mass is 10.2. The second-order valence-corrected chi connectivity index (χ2v) is 7.36. The van der Waals surface area contributed by atoms with Gasteiger partial charge in [0.1, 0.15) is 11.3 Å². The van der Waals surface area contributed by atoms with Crippen molar-refractivity contribution in [2.45, 2.75) is 0 Å². The van der Waals surface area contributed by atoms with Crippen LogP contribution in [0.25, 0.3) is 21.9 Å². The van der Waals surface area contributed by atoms with Crippen LogP contribution in [0.3, 0.4) is 0 Å². The van der Waals surface area contributed by atoms with Crippen molar-refractivity contribution in [3.05, 3.63) is 77.1 Å². The summed E-state index contributed by atoms with van der Waals surface area (Å²) in [4.78, 5) is 39.1. The zero-order valence-corrected chi connectivity index (χ0v) is 17.0. The van der Waals surface area contributed by atoms with Crippen LogP contribution in [0.2, 0.25) is 0 Å². The average Bonchev–Trinajstić information content (AvgIpc) is 3.35. The number of halogens is 1. The lowest BCUT2D eigenvalue weighted by molar-refractivity contribution is -0.117. The zero-order valence-electron chi connectivity index (χ0n) is 15.4. The number of hydrogen-bond acceptors (Lipinski definition) is 4. The van der Waals surface area contributed by atoms with Crippen molar-refractivity contribution in [2.75, 3.05) is 5.32 Å². The van der Waals surface area contributed by atoms with Crippen LogP contribution in [0.5, 0.6) is 0 Å². The van der Waals surface area contributed by atoms with Crippen molar-refractivity contribution in [2.24, 2.45) is 0 Å². The predicted octanol–water partition coefficient (Wildman–Crippen LogP) is 3.84. The molecule has 4 aromatic rings. The number of furan rings is 1. The van der Waals surface area contributed by atoms with E-state index in [-0.39, 0.29) is 21.8 Å². The van der Waals surface area contributed by atoms with Crippen LogP contribution in [-0.4, -0.2) is 22.7 Å². The summed E-state index contributed by atoms with van der Waals surface area (Å²) in [6, 6.07) is 15.8. The summed E-state index contributed by atoms with van der Waals surface area (Å²) in [5, 5.41) is 4.33. The summed E-state index contributed by atoms with van der Waals surface area (Å²) < 4.78 is 5.66. The van der Waals surface area contributed by atoms with E-state index in [0.29, 0.717) is 22.2 Å². The van der Waals surface area contributed by atoms with Gasteiger partial charge in [-0.25, -0.2) is 0 Å². The summed E-state index contributed by atoms with van der Waals surface area (Å²) in [6.45, 7) is 3.41. The molecule has 0 atom stereocenters. The Bertz CT molecular complexity index is 1290. The molecule has 2 aromatic carbocycles. The molecule has 30 heavy (non-hydrogen) atoms. The van der Waals surface area contributed by atoms with E-state index in [1.54, 1.807) is 36.4 Å². The third-order valence-corrected chi connectivity index (χ3v) is 4.67. The number of carbonyl (C=O) groups is 3. The Morgan fingerprint density at radius 2 is 1.73 bits per heavy atom. The van der Waals surface area contributed by atoms with E-state index in [1.807, 2.05) is 18.2 Å². The molecule has 150 valence electrons.